The lowest BCUT2D eigenvalue weighted by atomic mass is 10.2. The van der Waals surface area contributed by atoms with E-state index in [0.717, 1.165) is 0 Å². The molecule has 2 heterocycles. The van der Waals surface area contributed by atoms with E-state index in [4.69, 9.17) is 38.8 Å². The molecule has 2 aromatic heterocycles. The molecule has 144 valence electrons. The van der Waals surface area contributed by atoms with Crippen LogP contribution >= 0.6 is 62.1 Å². The van der Waals surface area contributed by atoms with Gasteiger partial charge in [0.2, 0.25) is 0 Å². The number of nitriles is 2. The summed E-state index contributed by atoms with van der Waals surface area (Å²) in [5.74, 6) is -0.270. The summed E-state index contributed by atoms with van der Waals surface area (Å²) < 4.78 is 9.51. The van der Waals surface area contributed by atoms with Gasteiger partial charge in [0.05, 0.1) is 5.02 Å². The minimum Gasteiger partial charge on any atom is -0.506 e. The number of aromatic amines is 1. The number of aromatic hydroxyl groups is 1. The third-order valence-electron chi connectivity index (χ3n) is 2.43. The van der Waals surface area contributed by atoms with Crippen molar-refractivity contribution in [1.82, 2.24) is 9.97 Å². The van der Waals surface area contributed by atoms with Gasteiger partial charge in [-0.25, -0.2) is 4.98 Å². The third-order valence-corrected chi connectivity index (χ3v) is 3.00. The number of halogens is 5. The van der Waals surface area contributed by atoms with Crippen LogP contribution in [0.5, 0.6) is 5.75 Å². The molecule has 13 heteroatoms. The number of H-pyrrole nitrogens is 1. The van der Waals surface area contributed by atoms with Crippen molar-refractivity contribution < 1.29 is 9.67 Å². The molecule has 2 N–H and O–H groups in total. The topological polar surface area (TPSA) is 131 Å². The van der Waals surface area contributed by atoms with Gasteiger partial charge in [-0.2, -0.15) is 10.5 Å². The van der Waals surface area contributed by atoms with Crippen LogP contribution in [-0.4, -0.2) is 15.1 Å². The Morgan fingerprint density at radius 2 is 1.59 bits per heavy atom. The summed E-state index contributed by atoms with van der Waals surface area (Å²) in [6.45, 7) is 3.39. The predicted octanol–water partition coefficient (Wildman–Crippen LogP) is 5.64. The van der Waals surface area contributed by atoms with Crippen molar-refractivity contribution in [1.29, 1.82) is 10.5 Å². The van der Waals surface area contributed by atoms with Crippen LogP contribution in [-0.2, 0) is 4.57 Å². The molecule has 2 aromatic rings. The maximum absolute atomic E-state index is 10.9. The van der Waals surface area contributed by atoms with E-state index in [1.165, 1.54) is 6.07 Å². The standard InChI is InChI=1S/C7H4Cl2N2.C7H6N2O2.Cl3OP/c1-4-2-6(8)5(3-10)7(9)11-4;1-4-2-6(10)5(3-8)7(11)9-4;1-5(2,3)4/h2H,1H3;2H,1H3,(H2,9,10,11);. The lowest BCUT2D eigenvalue weighted by Crippen LogP contribution is -2.10. The van der Waals surface area contributed by atoms with E-state index in [0.29, 0.717) is 16.4 Å². The van der Waals surface area contributed by atoms with Crippen molar-refractivity contribution in [3.05, 3.63) is 55.2 Å². The normalized spacial score (nSPS) is 9.67. The predicted molar refractivity (Wildman–Crippen MR) is 107 cm³/mol. The molecule has 0 saturated carbocycles. The Morgan fingerprint density at radius 3 is 1.96 bits per heavy atom. The van der Waals surface area contributed by atoms with Crippen molar-refractivity contribution in [3.63, 3.8) is 0 Å². The highest BCUT2D eigenvalue weighted by molar-refractivity contribution is 8.24. The van der Waals surface area contributed by atoms with E-state index in [2.05, 4.69) is 43.7 Å². The molecule has 0 aliphatic carbocycles. The van der Waals surface area contributed by atoms with Gasteiger partial charge in [-0.05, 0) is 53.6 Å². The highest BCUT2D eigenvalue weighted by Gasteiger charge is 2.06. The fourth-order valence-electron chi connectivity index (χ4n) is 1.48. The Morgan fingerprint density at radius 1 is 1.11 bits per heavy atom. The summed E-state index contributed by atoms with van der Waals surface area (Å²) >= 11 is 25.2. The number of hydrogen-bond acceptors (Lipinski definition) is 6. The molecule has 0 radical (unpaired) electrons. The van der Waals surface area contributed by atoms with Gasteiger partial charge in [-0.15, -0.1) is 0 Å². The van der Waals surface area contributed by atoms with Gasteiger partial charge < -0.3 is 10.1 Å². The SMILES string of the molecule is Cc1cc(Cl)c(C#N)c(Cl)n1.Cc1cc(O)c(C#N)c(=O)[nH]1.O=P(Cl)(Cl)Cl. The summed E-state index contributed by atoms with van der Waals surface area (Å²) in [6.07, 6.45) is 0. The number of aryl methyl sites for hydroxylation is 2. The zero-order valence-corrected chi connectivity index (χ0v) is 18.3. The molecule has 0 aliphatic heterocycles. The average molecular weight is 490 g/mol. The molecule has 0 saturated heterocycles. The summed E-state index contributed by atoms with van der Waals surface area (Å²) in [4.78, 5) is 17.1. The van der Waals surface area contributed by atoms with Gasteiger partial charge in [-0.1, -0.05) is 23.2 Å². The van der Waals surface area contributed by atoms with Crippen LogP contribution in [0.25, 0.3) is 0 Å². The van der Waals surface area contributed by atoms with E-state index < -0.39 is 10.8 Å². The van der Waals surface area contributed by atoms with Crippen LogP contribution in [0.15, 0.2) is 16.9 Å². The third kappa shape index (κ3) is 10.5. The molecular formula is C14H10Cl5N4O3P. The first-order chi connectivity index (χ1) is 12.3. The van der Waals surface area contributed by atoms with Crippen LogP contribution in [0.3, 0.4) is 0 Å². The van der Waals surface area contributed by atoms with Gasteiger partial charge in [-0.3, -0.25) is 9.36 Å². The molecule has 0 amide bonds. The number of aromatic nitrogens is 2. The lowest BCUT2D eigenvalue weighted by molar-refractivity contribution is 0.471. The van der Waals surface area contributed by atoms with E-state index >= 15 is 0 Å². The molecule has 2 rings (SSSR count). The van der Waals surface area contributed by atoms with Crippen LogP contribution in [0.1, 0.15) is 22.5 Å². The molecule has 7 nitrogen and oxygen atoms in total. The van der Waals surface area contributed by atoms with Crippen molar-refractivity contribution in [2.24, 2.45) is 0 Å². The first-order valence-corrected chi connectivity index (χ1v) is 11.7. The van der Waals surface area contributed by atoms with Crippen LogP contribution in [0.2, 0.25) is 10.2 Å². The summed E-state index contributed by atoms with van der Waals surface area (Å²) in [7, 11) is 0. The highest BCUT2D eigenvalue weighted by Crippen LogP contribution is 2.61. The van der Waals surface area contributed by atoms with Crippen LogP contribution < -0.4 is 5.56 Å². The maximum Gasteiger partial charge on any atom is 0.339 e. The second-order valence-electron chi connectivity index (χ2n) is 4.58. The average Bonchev–Trinajstić information content (AvgIpc) is 2.44. The summed E-state index contributed by atoms with van der Waals surface area (Å²) in [5.41, 5.74) is 0.685. The van der Waals surface area contributed by atoms with Gasteiger partial charge in [0, 0.05) is 17.5 Å². The second-order valence-corrected chi connectivity index (χ2v) is 12.0. The van der Waals surface area contributed by atoms with Crippen molar-refractivity contribution in [3.8, 4) is 17.9 Å². The van der Waals surface area contributed by atoms with Crippen molar-refractivity contribution in [2.75, 3.05) is 0 Å². The van der Waals surface area contributed by atoms with Gasteiger partial charge in [0.1, 0.15) is 28.6 Å². The van der Waals surface area contributed by atoms with Gasteiger partial charge >= 0.3 is 5.20 Å². The lowest BCUT2D eigenvalue weighted by Gasteiger charge is -1.97. The monoisotopic (exact) mass is 488 g/mol. The summed E-state index contributed by atoms with van der Waals surface area (Å²) in [5, 5.41) is 23.2. The molecular weight excluding hydrogens is 480 g/mol. The number of nitrogens with one attached hydrogen (secondary N) is 1. The Kier molecular flexibility index (Phi) is 10.8. The first-order valence-electron chi connectivity index (χ1n) is 6.54. The number of hydrogen-bond donors (Lipinski definition) is 2. The van der Waals surface area contributed by atoms with Crippen molar-refractivity contribution >= 4 is 62.1 Å². The largest absolute Gasteiger partial charge is 0.506 e. The first kappa shape index (κ1) is 25.6. The molecule has 0 atom stereocenters. The van der Waals surface area contributed by atoms with Gasteiger partial charge in [0.25, 0.3) is 5.56 Å². The highest BCUT2D eigenvalue weighted by atomic mass is 36.0. The van der Waals surface area contributed by atoms with Crippen LogP contribution in [0.4, 0.5) is 0 Å². The number of rotatable bonds is 0. The minimum absolute atomic E-state index is 0.164. The molecule has 0 fully saturated rings. The van der Waals surface area contributed by atoms with E-state index in [9.17, 15) is 9.36 Å². The summed E-state index contributed by atoms with van der Waals surface area (Å²) in [6, 6.07) is 6.40. The molecule has 0 aliphatic rings. The Balaban J connectivity index is 0.000000405. The molecule has 0 spiro atoms. The van der Waals surface area contributed by atoms with Crippen LogP contribution in [0, 0.1) is 36.5 Å². The zero-order chi connectivity index (χ0) is 21.4. The smallest absolute Gasteiger partial charge is 0.339 e. The fourth-order valence-corrected chi connectivity index (χ4v) is 2.09. The second kappa shape index (κ2) is 11.4. The Hall–Kier alpha value is -1.44. The zero-order valence-electron chi connectivity index (χ0n) is 13.6. The quantitative estimate of drug-likeness (QED) is 0.363. The maximum atomic E-state index is 10.9. The van der Waals surface area contributed by atoms with Crippen molar-refractivity contribution in [2.45, 2.75) is 13.8 Å². The minimum atomic E-state index is -3.22. The molecule has 0 bridgehead atoms. The Labute approximate surface area is 178 Å². The fraction of sp³-hybridized carbons (Fsp3) is 0.143. The number of pyridine rings is 2. The van der Waals surface area contributed by atoms with E-state index in [-0.39, 0.29) is 22.0 Å². The van der Waals surface area contributed by atoms with Gasteiger partial charge in [0.15, 0.2) is 5.56 Å². The molecule has 0 unspecified atom stereocenters. The Bertz CT molecular complexity index is 976. The molecule has 27 heavy (non-hydrogen) atoms. The number of nitrogens with zero attached hydrogens (tertiary/aromatic N) is 3. The molecule has 0 aromatic carbocycles. The van der Waals surface area contributed by atoms with E-state index in [1.54, 1.807) is 26.0 Å². The van der Waals surface area contributed by atoms with E-state index in [1.807, 2.05) is 6.07 Å².